The van der Waals surface area contributed by atoms with Gasteiger partial charge >= 0.3 is 5.97 Å². The molecule has 31 heavy (non-hydrogen) atoms. The maximum Gasteiger partial charge on any atom is 0.336 e. The highest BCUT2D eigenvalue weighted by Gasteiger charge is 2.34. The molecule has 0 saturated carbocycles. The van der Waals surface area contributed by atoms with E-state index in [2.05, 4.69) is 5.32 Å². The van der Waals surface area contributed by atoms with Crippen LogP contribution in [0.4, 0.5) is 5.69 Å². The summed E-state index contributed by atoms with van der Waals surface area (Å²) < 4.78 is 5.70. The number of furan rings is 1. The number of halogens is 1. The molecule has 2 amide bonds. The summed E-state index contributed by atoms with van der Waals surface area (Å²) in [5.74, 6) is -1.89. The largest absolute Gasteiger partial charge is 0.478 e. The molecule has 9 heteroatoms. The summed E-state index contributed by atoms with van der Waals surface area (Å²) in [5.41, 5.74) is 0.710. The maximum atomic E-state index is 13.0. The van der Waals surface area contributed by atoms with Crippen molar-refractivity contribution in [2.75, 3.05) is 4.90 Å². The molecule has 1 saturated heterocycles. The average molecular weight is 453 g/mol. The van der Waals surface area contributed by atoms with Gasteiger partial charge in [0.25, 0.3) is 11.8 Å². The van der Waals surface area contributed by atoms with Crippen molar-refractivity contribution in [2.45, 2.75) is 0 Å². The van der Waals surface area contributed by atoms with Crippen LogP contribution >= 0.6 is 23.8 Å². The first-order chi connectivity index (χ1) is 14.8. The standard InChI is InChI=1S/C22H13ClN2O5S/c23-12-5-7-13(8-6-12)25-20(27)17(19(26)24-22(25)31)11-14-9-10-18(30-14)15-3-1-2-4-16(15)21(28)29/h1-11H,(H,28,29)(H,24,26,31)/b17-11+. The first kappa shape index (κ1) is 20.5. The number of hydrogen-bond donors (Lipinski definition) is 2. The number of benzene rings is 2. The summed E-state index contributed by atoms with van der Waals surface area (Å²) in [6, 6.07) is 15.9. The molecular weight excluding hydrogens is 440 g/mol. The number of hydrogen-bond acceptors (Lipinski definition) is 5. The molecule has 3 aromatic rings. The highest BCUT2D eigenvalue weighted by molar-refractivity contribution is 7.80. The summed E-state index contributed by atoms with van der Waals surface area (Å²) in [6.07, 6.45) is 1.29. The third kappa shape index (κ3) is 3.98. The Labute approximate surface area is 186 Å². The number of carbonyl (C=O) groups is 3. The van der Waals surface area contributed by atoms with Gasteiger partial charge < -0.3 is 9.52 Å². The molecule has 1 aliphatic heterocycles. The van der Waals surface area contributed by atoms with Gasteiger partial charge in [-0.3, -0.25) is 19.8 Å². The van der Waals surface area contributed by atoms with E-state index < -0.39 is 17.8 Å². The van der Waals surface area contributed by atoms with E-state index in [1.807, 2.05) is 0 Å². The fourth-order valence-corrected chi connectivity index (χ4v) is 3.49. The Kier molecular flexibility index (Phi) is 5.41. The molecule has 1 aliphatic rings. The second-order valence-corrected chi connectivity index (χ2v) is 7.31. The summed E-state index contributed by atoms with van der Waals surface area (Å²) in [7, 11) is 0. The Hall–Kier alpha value is -3.75. The molecule has 0 atom stereocenters. The van der Waals surface area contributed by atoms with Gasteiger partial charge in [0, 0.05) is 10.6 Å². The highest BCUT2D eigenvalue weighted by Crippen LogP contribution is 2.28. The van der Waals surface area contributed by atoms with E-state index in [-0.39, 0.29) is 22.0 Å². The summed E-state index contributed by atoms with van der Waals surface area (Å²) in [5, 5.41) is 12.3. The molecule has 0 aliphatic carbocycles. The number of nitrogens with one attached hydrogen (secondary N) is 1. The number of anilines is 1. The van der Waals surface area contributed by atoms with E-state index in [0.717, 1.165) is 0 Å². The predicted octanol–water partition coefficient (Wildman–Crippen LogP) is 4.13. The molecule has 2 heterocycles. The van der Waals surface area contributed by atoms with Crippen LogP contribution in [-0.4, -0.2) is 28.0 Å². The Bertz CT molecular complexity index is 1260. The zero-order valence-electron chi connectivity index (χ0n) is 15.7. The molecule has 0 spiro atoms. The van der Waals surface area contributed by atoms with Crippen LogP contribution in [0.5, 0.6) is 0 Å². The van der Waals surface area contributed by atoms with Crippen molar-refractivity contribution in [1.29, 1.82) is 0 Å². The van der Waals surface area contributed by atoms with E-state index in [1.54, 1.807) is 54.6 Å². The van der Waals surface area contributed by atoms with E-state index in [4.69, 9.17) is 28.2 Å². The van der Waals surface area contributed by atoms with E-state index in [9.17, 15) is 19.5 Å². The third-order valence-corrected chi connectivity index (χ3v) is 5.06. The molecule has 1 fully saturated rings. The fraction of sp³-hybridized carbons (Fsp3) is 0. The normalized spacial score (nSPS) is 15.3. The van der Waals surface area contributed by atoms with Crippen LogP contribution in [0.3, 0.4) is 0 Å². The van der Waals surface area contributed by atoms with Crippen LogP contribution in [0.1, 0.15) is 16.1 Å². The third-order valence-electron chi connectivity index (χ3n) is 4.52. The number of carbonyl (C=O) groups excluding carboxylic acids is 2. The van der Waals surface area contributed by atoms with Crippen molar-refractivity contribution >= 4 is 58.5 Å². The van der Waals surface area contributed by atoms with Crippen molar-refractivity contribution in [2.24, 2.45) is 0 Å². The van der Waals surface area contributed by atoms with Gasteiger partial charge in [0.2, 0.25) is 0 Å². The second kappa shape index (κ2) is 8.17. The van der Waals surface area contributed by atoms with E-state index in [1.165, 1.54) is 17.0 Å². The minimum atomic E-state index is -1.10. The lowest BCUT2D eigenvalue weighted by Crippen LogP contribution is -2.54. The van der Waals surface area contributed by atoms with Crippen molar-refractivity contribution < 1.29 is 23.9 Å². The van der Waals surface area contributed by atoms with Crippen LogP contribution in [0.15, 0.2) is 70.7 Å². The molecule has 2 N–H and O–H groups in total. The molecule has 7 nitrogen and oxygen atoms in total. The molecule has 154 valence electrons. The van der Waals surface area contributed by atoms with Crippen molar-refractivity contribution in [3.63, 3.8) is 0 Å². The summed E-state index contributed by atoms with van der Waals surface area (Å²) in [4.78, 5) is 38.1. The topological polar surface area (TPSA) is 99.9 Å². The number of thiocarbonyl (C=S) groups is 1. The van der Waals surface area contributed by atoms with Crippen LogP contribution in [-0.2, 0) is 9.59 Å². The Balaban J connectivity index is 1.69. The first-order valence-corrected chi connectivity index (χ1v) is 9.73. The summed E-state index contributed by atoms with van der Waals surface area (Å²) in [6.45, 7) is 0. The lowest BCUT2D eigenvalue weighted by Gasteiger charge is -2.28. The molecule has 0 bridgehead atoms. The van der Waals surface area contributed by atoms with Crippen LogP contribution in [0.25, 0.3) is 17.4 Å². The number of rotatable bonds is 4. The number of carboxylic acid groups (broad SMARTS) is 1. The fourth-order valence-electron chi connectivity index (χ4n) is 3.08. The SMILES string of the molecule is O=C1NC(=S)N(c2ccc(Cl)cc2)C(=O)/C1=C/c1ccc(-c2ccccc2C(=O)O)o1. The lowest BCUT2D eigenvalue weighted by molar-refractivity contribution is -0.122. The van der Waals surface area contributed by atoms with Gasteiger partial charge in [-0.25, -0.2) is 4.79 Å². The second-order valence-electron chi connectivity index (χ2n) is 6.49. The van der Waals surface area contributed by atoms with E-state index in [0.29, 0.717) is 22.0 Å². The molecule has 0 radical (unpaired) electrons. The Morgan fingerprint density at radius 2 is 1.77 bits per heavy atom. The Morgan fingerprint density at radius 1 is 1.06 bits per heavy atom. The lowest BCUT2D eigenvalue weighted by atomic mass is 10.1. The number of carboxylic acids is 1. The smallest absolute Gasteiger partial charge is 0.336 e. The van der Waals surface area contributed by atoms with Gasteiger partial charge in [-0.2, -0.15) is 0 Å². The summed E-state index contributed by atoms with van der Waals surface area (Å²) >= 11 is 11.1. The zero-order chi connectivity index (χ0) is 22.1. The van der Waals surface area contributed by atoms with Gasteiger partial charge in [-0.1, -0.05) is 29.8 Å². The Morgan fingerprint density at radius 3 is 2.48 bits per heavy atom. The molecule has 4 rings (SSSR count). The zero-order valence-corrected chi connectivity index (χ0v) is 17.2. The van der Waals surface area contributed by atoms with Crippen molar-refractivity contribution in [1.82, 2.24) is 5.32 Å². The van der Waals surface area contributed by atoms with Gasteiger partial charge in [-0.05, 0) is 60.8 Å². The quantitative estimate of drug-likeness (QED) is 0.351. The van der Waals surface area contributed by atoms with Crippen LogP contribution in [0.2, 0.25) is 5.02 Å². The molecular formula is C22H13ClN2O5S. The molecule has 1 aromatic heterocycles. The van der Waals surface area contributed by atoms with Gasteiger partial charge in [0.15, 0.2) is 5.11 Å². The van der Waals surface area contributed by atoms with Crippen LogP contribution in [0, 0.1) is 0 Å². The first-order valence-electron chi connectivity index (χ1n) is 8.94. The maximum absolute atomic E-state index is 13.0. The van der Waals surface area contributed by atoms with Crippen LogP contribution < -0.4 is 10.2 Å². The monoisotopic (exact) mass is 452 g/mol. The number of aromatic carboxylic acids is 1. The number of nitrogens with zero attached hydrogens (tertiary/aromatic N) is 1. The number of amides is 2. The highest BCUT2D eigenvalue weighted by atomic mass is 35.5. The van der Waals surface area contributed by atoms with Gasteiger partial charge in [0.05, 0.1) is 11.3 Å². The van der Waals surface area contributed by atoms with Gasteiger partial charge in [-0.15, -0.1) is 0 Å². The predicted molar refractivity (Wildman–Crippen MR) is 119 cm³/mol. The van der Waals surface area contributed by atoms with E-state index >= 15 is 0 Å². The van der Waals surface area contributed by atoms with Crippen molar-refractivity contribution in [3.8, 4) is 11.3 Å². The molecule has 0 unspecified atom stereocenters. The van der Waals surface area contributed by atoms with Gasteiger partial charge in [0.1, 0.15) is 17.1 Å². The average Bonchev–Trinajstić information content (AvgIpc) is 3.21. The van der Waals surface area contributed by atoms with Crippen molar-refractivity contribution in [3.05, 3.63) is 82.6 Å². The minimum Gasteiger partial charge on any atom is -0.478 e. The minimum absolute atomic E-state index is 0.0509. The molecule has 2 aromatic carbocycles.